The summed E-state index contributed by atoms with van der Waals surface area (Å²) in [5, 5.41) is 22.0. The van der Waals surface area contributed by atoms with E-state index in [-0.39, 0.29) is 12.2 Å². The molecule has 5 nitrogen and oxygen atoms in total. The average Bonchev–Trinajstić information content (AvgIpc) is 2.71. The van der Waals surface area contributed by atoms with Crippen LogP contribution in [0.15, 0.2) is 30.3 Å². The van der Waals surface area contributed by atoms with E-state index in [1.54, 1.807) is 29.9 Å². The lowest BCUT2D eigenvalue weighted by Crippen LogP contribution is -1.98. The Morgan fingerprint density at radius 2 is 2.18 bits per heavy atom. The Kier molecular flexibility index (Phi) is 2.93. The Hall–Kier alpha value is -2.14. The summed E-state index contributed by atoms with van der Waals surface area (Å²) in [7, 11) is 1.75. The molecule has 1 heterocycles. The quantitative estimate of drug-likeness (QED) is 0.835. The van der Waals surface area contributed by atoms with Gasteiger partial charge in [0, 0.05) is 12.6 Å². The van der Waals surface area contributed by atoms with Crippen molar-refractivity contribution in [3.05, 3.63) is 41.6 Å². The second-order valence-corrected chi connectivity index (χ2v) is 3.69. The monoisotopic (exact) mass is 232 g/mol. The number of carboxylic acid groups (broad SMARTS) is 1. The molecule has 0 radical (unpaired) electrons. The van der Waals surface area contributed by atoms with Gasteiger partial charge in [-0.2, -0.15) is 5.10 Å². The van der Waals surface area contributed by atoms with Gasteiger partial charge >= 0.3 is 5.97 Å². The molecule has 0 saturated heterocycles. The van der Waals surface area contributed by atoms with Gasteiger partial charge < -0.3 is 10.2 Å². The van der Waals surface area contributed by atoms with E-state index in [9.17, 15) is 4.79 Å². The van der Waals surface area contributed by atoms with Crippen molar-refractivity contribution in [3.8, 4) is 11.3 Å². The SMILES string of the molecule is Cn1nc(CO)cc1-c1cccc(C(=O)O)c1. The summed E-state index contributed by atoms with van der Waals surface area (Å²) < 4.78 is 1.62. The van der Waals surface area contributed by atoms with Crippen molar-refractivity contribution in [2.75, 3.05) is 0 Å². The molecule has 0 fully saturated rings. The highest BCUT2D eigenvalue weighted by Crippen LogP contribution is 2.21. The molecule has 0 spiro atoms. The van der Waals surface area contributed by atoms with Gasteiger partial charge in [-0.15, -0.1) is 0 Å². The Morgan fingerprint density at radius 3 is 2.76 bits per heavy atom. The summed E-state index contributed by atoms with van der Waals surface area (Å²) in [4.78, 5) is 10.9. The Labute approximate surface area is 97.9 Å². The molecule has 2 aromatic rings. The number of aromatic nitrogens is 2. The van der Waals surface area contributed by atoms with Crippen LogP contribution >= 0.6 is 0 Å². The molecule has 0 aliphatic rings. The third-order valence-corrected chi connectivity index (χ3v) is 2.50. The minimum Gasteiger partial charge on any atom is -0.478 e. The minimum absolute atomic E-state index is 0.132. The number of carbonyl (C=O) groups is 1. The van der Waals surface area contributed by atoms with Crippen LogP contribution in [0.1, 0.15) is 16.1 Å². The number of hydrogen-bond donors (Lipinski definition) is 2. The standard InChI is InChI=1S/C12H12N2O3/c1-14-11(6-10(7-15)13-14)8-3-2-4-9(5-8)12(16)17/h2-6,15H,7H2,1H3,(H,16,17). The van der Waals surface area contributed by atoms with Crippen LogP contribution in [0.4, 0.5) is 0 Å². The van der Waals surface area contributed by atoms with Crippen LogP contribution < -0.4 is 0 Å². The summed E-state index contributed by atoms with van der Waals surface area (Å²) in [5.41, 5.74) is 2.33. The minimum atomic E-state index is -0.962. The topological polar surface area (TPSA) is 75.3 Å². The second-order valence-electron chi connectivity index (χ2n) is 3.69. The first-order valence-electron chi connectivity index (χ1n) is 5.09. The van der Waals surface area contributed by atoms with Crippen LogP contribution in [0.2, 0.25) is 0 Å². The second kappa shape index (κ2) is 4.39. The predicted molar refractivity (Wildman–Crippen MR) is 61.5 cm³/mol. The molecule has 1 aromatic heterocycles. The number of aliphatic hydroxyl groups excluding tert-OH is 1. The van der Waals surface area contributed by atoms with Gasteiger partial charge in [0.1, 0.15) is 0 Å². The van der Waals surface area contributed by atoms with Crippen molar-refractivity contribution in [3.63, 3.8) is 0 Å². The molecule has 0 amide bonds. The van der Waals surface area contributed by atoms with Gasteiger partial charge in [0.05, 0.1) is 23.6 Å². The summed E-state index contributed by atoms with van der Waals surface area (Å²) in [6.45, 7) is -0.132. The first kappa shape index (κ1) is 11.3. The van der Waals surface area contributed by atoms with Crippen molar-refractivity contribution in [1.29, 1.82) is 0 Å². The van der Waals surface area contributed by atoms with Crippen molar-refractivity contribution in [2.24, 2.45) is 7.05 Å². The largest absolute Gasteiger partial charge is 0.478 e. The van der Waals surface area contributed by atoms with E-state index in [0.717, 1.165) is 11.3 Å². The number of nitrogens with zero attached hydrogens (tertiary/aromatic N) is 2. The zero-order valence-corrected chi connectivity index (χ0v) is 9.29. The van der Waals surface area contributed by atoms with E-state index in [4.69, 9.17) is 10.2 Å². The highest BCUT2D eigenvalue weighted by Gasteiger charge is 2.09. The molecule has 17 heavy (non-hydrogen) atoms. The molecule has 0 atom stereocenters. The van der Waals surface area contributed by atoms with E-state index in [1.165, 1.54) is 6.07 Å². The fourth-order valence-electron chi connectivity index (χ4n) is 1.69. The molecular formula is C12H12N2O3. The summed E-state index contributed by atoms with van der Waals surface area (Å²) >= 11 is 0. The zero-order chi connectivity index (χ0) is 12.4. The van der Waals surface area contributed by atoms with Crippen molar-refractivity contribution < 1.29 is 15.0 Å². The summed E-state index contributed by atoms with van der Waals surface area (Å²) in [6.07, 6.45) is 0. The Morgan fingerprint density at radius 1 is 1.41 bits per heavy atom. The van der Waals surface area contributed by atoms with Gasteiger partial charge in [0.2, 0.25) is 0 Å². The molecule has 0 unspecified atom stereocenters. The highest BCUT2D eigenvalue weighted by molar-refractivity contribution is 5.89. The van der Waals surface area contributed by atoms with Gasteiger partial charge in [0.25, 0.3) is 0 Å². The maximum atomic E-state index is 10.9. The predicted octanol–water partition coefficient (Wildman–Crippen LogP) is 1.28. The first-order valence-corrected chi connectivity index (χ1v) is 5.09. The normalized spacial score (nSPS) is 10.5. The van der Waals surface area contributed by atoms with Crippen LogP contribution in [0.25, 0.3) is 11.3 Å². The molecule has 0 saturated carbocycles. The Balaban J connectivity index is 2.48. The number of carboxylic acids is 1. The van der Waals surface area contributed by atoms with E-state index in [2.05, 4.69) is 5.10 Å². The third kappa shape index (κ3) is 2.19. The van der Waals surface area contributed by atoms with Gasteiger partial charge in [-0.3, -0.25) is 4.68 Å². The summed E-state index contributed by atoms with van der Waals surface area (Å²) in [5.74, 6) is -0.962. The van der Waals surface area contributed by atoms with Crippen LogP contribution in [-0.4, -0.2) is 26.0 Å². The molecular weight excluding hydrogens is 220 g/mol. The lowest BCUT2D eigenvalue weighted by Gasteiger charge is -2.02. The smallest absolute Gasteiger partial charge is 0.335 e. The molecule has 5 heteroatoms. The van der Waals surface area contributed by atoms with Crippen molar-refractivity contribution in [2.45, 2.75) is 6.61 Å². The number of benzene rings is 1. The lowest BCUT2D eigenvalue weighted by atomic mass is 10.1. The molecule has 2 N–H and O–H groups in total. The fourth-order valence-corrected chi connectivity index (χ4v) is 1.69. The Bertz CT molecular complexity index is 561. The number of aromatic carboxylic acids is 1. The zero-order valence-electron chi connectivity index (χ0n) is 9.29. The van der Waals surface area contributed by atoms with Gasteiger partial charge in [-0.1, -0.05) is 12.1 Å². The van der Waals surface area contributed by atoms with Crippen molar-refractivity contribution in [1.82, 2.24) is 9.78 Å². The number of aryl methyl sites for hydroxylation is 1. The van der Waals surface area contributed by atoms with Gasteiger partial charge in [0.15, 0.2) is 0 Å². The molecule has 0 aliphatic carbocycles. The molecule has 2 rings (SSSR count). The van der Waals surface area contributed by atoms with Crippen LogP contribution in [0.5, 0.6) is 0 Å². The first-order chi connectivity index (χ1) is 8.11. The number of rotatable bonds is 3. The fraction of sp³-hybridized carbons (Fsp3) is 0.167. The molecule has 1 aromatic carbocycles. The molecule has 88 valence electrons. The van der Waals surface area contributed by atoms with Crippen LogP contribution in [-0.2, 0) is 13.7 Å². The van der Waals surface area contributed by atoms with Crippen LogP contribution in [0, 0.1) is 0 Å². The van der Waals surface area contributed by atoms with Crippen molar-refractivity contribution >= 4 is 5.97 Å². The number of aliphatic hydroxyl groups is 1. The van der Waals surface area contributed by atoms with Crippen LogP contribution in [0.3, 0.4) is 0 Å². The number of hydrogen-bond acceptors (Lipinski definition) is 3. The van der Waals surface area contributed by atoms with Gasteiger partial charge in [-0.05, 0) is 18.2 Å². The van der Waals surface area contributed by atoms with E-state index in [0.29, 0.717) is 5.69 Å². The average molecular weight is 232 g/mol. The lowest BCUT2D eigenvalue weighted by molar-refractivity contribution is 0.0697. The molecule has 0 bridgehead atoms. The van der Waals surface area contributed by atoms with E-state index < -0.39 is 5.97 Å². The van der Waals surface area contributed by atoms with E-state index in [1.807, 2.05) is 6.07 Å². The van der Waals surface area contributed by atoms with Gasteiger partial charge in [-0.25, -0.2) is 4.79 Å². The maximum absolute atomic E-state index is 10.9. The van der Waals surface area contributed by atoms with E-state index >= 15 is 0 Å². The highest BCUT2D eigenvalue weighted by atomic mass is 16.4. The third-order valence-electron chi connectivity index (χ3n) is 2.50. The molecule has 0 aliphatic heterocycles. The summed E-state index contributed by atoms with van der Waals surface area (Å²) in [6, 6.07) is 8.35. The maximum Gasteiger partial charge on any atom is 0.335 e.